The molecule has 1 saturated heterocycles. The maximum absolute atomic E-state index is 13.0. The van der Waals surface area contributed by atoms with E-state index in [0.717, 1.165) is 51.6 Å². The molecule has 26 heavy (non-hydrogen) atoms. The lowest BCUT2D eigenvalue weighted by atomic mass is 9.96. The summed E-state index contributed by atoms with van der Waals surface area (Å²) in [5.74, 6) is -0.0388. The topological polar surface area (TPSA) is 78.5 Å². The minimum atomic E-state index is -3.55. The van der Waals surface area contributed by atoms with E-state index >= 15 is 0 Å². The number of nitrogens with zero attached hydrogens (tertiary/aromatic N) is 1. The van der Waals surface area contributed by atoms with Gasteiger partial charge in [0.25, 0.3) is 0 Å². The number of rotatable bonds is 5. The molecule has 1 amide bonds. The minimum absolute atomic E-state index is 0.0126. The molecule has 0 unspecified atom stereocenters. The standard InChI is InChI=1S/C19H29N3O3S/c1-22(17-7-3-2-4-8-17)26(24,25)18-9-5-6-16(14-18)21-19(23)15-10-12-20-13-11-15/h5-6,9,14-15,17,20H,2-4,7-8,10-13H2,1H3,(H,21,23). The second-order valence-corrected chi connectivity index (χ2v) is 9.35. The molecule has 0 radical (unpaired) electrons. The Kier molecular flexibility index (Phi) is 6.32. The molecular formula is C19H29N3O3S. The van der Waals surface area contributed by atoms with Crippen molar-refractivity contribution in [2.45, 2.75) is 55.9 Å². The minimum Gasteiger partial charge on any atom is -0.326 e. The Labute approximate surface area is 156 Å². The van der Waals surface area contributed by atoms with Gasteiger partial charge in [0.05, 0.1) is 4.90 Å². The van der Waals surface area contributed by atoms with Crippen LogP contribution in [-0.2, 0) is 14.8 Å². The van der Waals surface area contributed by atoms with Crippen molar-refractivity contribution in [1.82, 2.24) is 9.62 Å². The molecule has 0 bridgehead atoms. The zero-order valence-corrected chi connectivity index (χ0v) is 16.2. The van der Waals surface area contributed by atoms with E-state index in [0.29, 0.717) is 5.69 Å². The van der Waals surface area contributed by atoms with Crippen molar-refractivity contribution in [3.8, 4) is 0 Å². The zero-order chi connectivity index (χ0) is 18.6. The molecule has 1 aromatic carbocycles. The molecule has 0 aromatic heterocycles. The molecule has 2 aliphatic rings. The molecule has 2 fully saturated rings. The summed E-state index contributed by atoms with van der Waals surface area (Å²) in [6.45, 7) is 1.69. The first-order valence-electron chi connectivity index (χ1n) is 9.58. The second kappa shape index (κ2) is 8.50. The predicted molar refractivity (Wildman–Crippen MR) is 102 cm³/mol. The Hall–Kier alpha value is -1.44. The number of sulfonamides is 1. The van der Waals surface area contributed by atoms with Crippen LogP contribution in [0.3, 0.4) is 0 Å². The first-order valence-corrected chi connectivity index (χ1v) is 11.0. The van der Waals surface area contributed by atoms with Crippen LogP contribution in [0, 0.1) is 5.92 Å². The number of hydrogen-bond donors (Lipinski definition) is 2. The van der Waals surface area contributed by atoms with Crippen molar-refractivity contribution in [2.75, 3.05) is 25.5 Å². The third-order valence-electron chi connectivity index (χ3n) is 5.58. The lowest BCUT2D eigenvalue weighted by molar-refractivity contribution is -0.120. The number of benzene rings is 1. The maximum atomic E-state index is 13.0. The van der Waals surface area contributed by atoms with E-state index in [1.54, 1.807) is 31.3 Å². The molecule has 2 N–H and O–H groups in total. The smallest absolute Gasteiger partial charge is 0.243 e. The lowest BCUT2D eigenvalue weighted by Crippen LogP contribution is -2.38. The van der Waals surface area contributed by atoms with Gasteiger partial charge in [-0.1, -0.05) is 25.3 Å². The molecule has 144 valence electrons. The van der Waals surface area contributed by atoms with Crippen LogP contribution in [0.25, 0.3) is 0 Å². The largest absolute Gasteiger partial charge is 0.326 e. The van der Waals surface area contributed by atoms with E-state index in [1.165, 1.54) is 10.7 Å². The molecule has 0 atom stereocenters. The Bertz CT molecular complexity index is 723. The summed E-state index contributed by atoms with van der Waals surface area (Å²) in [5, 5.41) is 6.13. The van der Waals surface area contributed by atoms with Crippen LogP contribution in [0.1, 0.15) is 44.9 Å². The average molecular weight is 380 g/mol. The molecule has 0 spiro atoms. The summed E-state index contributed by atoms with van der Waals surface area (Å²) in [4.78, 5) is 12.7. The lowest BCUT2D eigenvalue weighted by Gasteiger charge is -2.30. The van der Waals surface area contributed by atoms with Gasteiger partial charge in [0.1, 0.15) is 0 Å². The molecule has 7 heteroatoms. The number of amides is 1. The van der Waals surface area contributed by atoms with Gasteiger partial charge in [-0.3, -0.25) is 4.79 Å². The van der Waals surface area contributed by atoms with E-state index in [4.69, 9.17) is 0 Å². The van der Waals surface area contributed by atoms with Crippen molar-refractivity contribution < 1.29 is 13.2 Å². The van der Waals surface area contributed by atoms with Gasteiger partial charge in [0.15, 0.2) is 0 Å². The van der Waals surface area contributed by atoms with Crippen molar-refractivity contribution in [1.29, 1.82) is 0 Å². The number of hydrogen-bond acceptors (Lipinski definition) is 4. The Morgan fingerprint density at radius 2 is 1.81 bits per heavy atom. The normalized spacial score (nSPS) is 20.2. The highest BCUT2D eigenvalue weighted by Gasteiger charge is 2.29. The fourth-order valence-corrected chi connectivity index (χ4v) is 5.33. The highest BCUT2D eigenvalue weighted by atomic mass is 32.2. The highest BCUT2D eigenvalue weighted by Crippen LogP contribution is 2.27. The Balaban J connectivity index is 1.72. The van der Waals surface area contributed by atoms with E-state index in [-0.39, 0.29) is 22.8 Å². The maximum Gasteiger partial charge on any atom is 0.243 e. The average Bonchev–Trinajstić information content (AvgIpc) is 2.69. The van der Waals surface area contributed by atoms with Crippen LogP contribution >= 0.6 is 0 Å². The Morgan fingerprint density at radius 1 is 1.12 bits per heavy atom. The van der Waals surface area contributed by atoms with Gasteiger partial charge in [0, 0.05) is 24.7 Å². The van der Waals surface area contributed by atoms with Crippen LogP contribution in [0.15, 0.2) is 29.2 Å². The second-order valence-electron chi connectivity index (χ2n) is 7.35. The van der Waals surface area contributed by atoms with Gasteiger partial charge < -0.3 is 10.6 Å². The molecule has 1 aromatic rings. The summed E-state index contributed by atoms with van der Waals surface area (Å²) in [6.07, 6.45) is 6.81. The fraction of sp³-hybridized carbons (Fsp3) is 0.632. The van der Waals surface area contributed by atoms with Crippen molar-refractivity contribution >= 4 is 21.6 Å². The van der Waals surface area contributed by atoms with E-state index in [9.17, 15) is 13.2 Å². The van der Waals surface area contributed by atoms with Gasteiger partial charge in [0.2, 0.25) is 15.9 Å². The van der Waals surface area contributed by atoms with Crippen molar-refractivity contribution in [3.05, 3.63) is 24.3 Å². The number of nitrogens with one attached hydrogen (secondary N) is 2. The van der Waals surface area contributed by atoms with Crippen LogP contribution < -0.4 is 10.6 Å². The molecule has 1 heterocycles. The van der Waals surface area contributed by atoms with Gasteiger partial charge in [-0.2, -0.15) is 4.31 Å². The summed E-state index contributed by atoms with van der Waals surface area (Å²) in [6, 6.07) is 6.70. The van der Waals surface area contributed by atoms with E-state index < -0.39 is 10.0 Å². The van der Waals surface area contributed by atoms with E-state index in [1.807, 2.05) is 0 Å². The summed E-state index contributed by atoms with van der Waals surface area (Å²) >= 11 is 0. The SMILES string of the molecule is CN(C1CCCCC1)S(=O)(=O)c1cccc(NC(=O)C2CCNCC2)c1. The van der Waals surface area contributed by atoms with Crippen LogP contribution in [0.2, 0.25) is 0 Å². The third kappa shape index (κ3) is 4.45. The monoisotopic (exact) mass is 379 g/mol. The first-order chi connectivity index (χ1) is 12.5. The van der Waals surface area contributed by atoms with Crippen molar-refractivity contribution in [2.24, 2.45) is 5.92 Å². The molecule has 6 nitrogen and oxygen atoms in total. The van der Waals surface area contributed by atoms with Gasteiger partial charge in [-0.15, -0.1) is 0 Å². The zero-order valence-electron chi connectivity index (χ0n) is 15.4. The number of carbonyl (C=O) groups is 1. The number of carbonyl (C=O) groups excluding carboxylic acids is 1. The fourth-order valence-electron chi connectivity index (χ4n) is 3.87. The first kappa shape index (κ1) is 19.3. The highest BCUT2D eigenvalue weighted by molar-refractivity contribution is 7.89. The van der Waals surface area contributed by atoms with Gasteiger partial charge in [-0.05, 0) is 57.0 Å². The number of piperidine rings is 1. The van der Waals surface area contributed by atoms with Crippen LogP contribution in [0.4, 0.5) is 5.69 Å². The van der Waals surface area contributed by atoms with Gasteiger partial charge in [-0.25, -0.2) is 8.42 Å². The molecule has 1 aliphatic heterocycles. The number of anilines is 1. The molecular weight excluding hydrogens is 350 g/mol. The third-order valence-corrected chi connectivity index (χ3v) is 7.48. The molecule has 3 rings (SSSR count). The van der Waals surface area contributed by atoms with Crippen molar-refractivity contribution in [3.63, 3.8) is 0 Å². The Morgan fingerprint density at radius 3 is 2.50 bits per heavy atom. The summed E-state index contributed by atoms with van der Waals surface area (Å²) in [7, 11) is -1.88. The van der Waals surface area contributed by atoms with Crippen LogP contribution in [-0.4, -0.2) is 44.8 Å². The van der Waals surface area contributed by atoms with E-state index in [2.05, 4.69) is 10.6 Å². The summed E-state index contributed by atoms with van der Waals surface area (Å²) < 4.78 is 27.5. The molecule has 1 saturated carbocycles. The molecule has 1 aliphatic carbocycles. The van der Waals surface area contributed by atoms with Gasteiger partial charge >= 0.3 is 0 Å². The summed E-state index contributed by atoms with van der Waals surface area (Å²) in [5.41, 5.74) is 0.548. The predicted octanol–water partition coefficient (Wildman–Crippen LogP) is 2.58. The quantitative estimate of drug-likeness (QED) is 0.824. The van der Waals surface area contributed by atoms with Crippen LogP contribution in [0.5, 0.6) is 0 Å².